The zero-order chi connectivity index (χ0) is 20.2. The number of ether oxygens (including phenoxy) is 1. The lowest BCUT2D eigenvalue weighted by molar-refractivity contribution is -0.148. The molecule has 0 saturated carbocycles. The number of rotatable bonds is 5. The topological polar surface area (TPSA) is 58.6 Å². The Morgan fingerprint density at radius 1 is 1.21 bits per heavy atom. The van der Waals surface area contributed by atoms with E-state index in [2.05, 4.69) is 40.1 Å². The molecule has 1 fully saturated rings. The predicted octanol–water partition coefficient (Wildman–Crippen LogP) is 3.12. The summed E-state index contributed by atoms with van der Waals surface area (Å²) < 4.78 is 5.27. The summed E-state index contributed by atoms with van der Waals surface area (Å²) in [6, 6.07) is 10.6. The van der Waals surface area contributed by atoms with E-state index in [-0.39, 0.29) is 11.9 Å². The first-order valence-electron chi connectivity index (χ1n) is 10.7. The fourth-order valence-corrected chi connectivity index (χ4v) is 4.45. The van der Waals surface area contributed by atoms with Gasteiger partial charge in [0.05, 0.1) is 18.2 Å². The quantitative estimate of drug-likeness (QED) is 0.727. The van der Waals surface area contributed by atoms with Crippen molar-refractivity contribution in [1.82, 2.24) is 14.9 Å². The van der Waals surface area contributed by atoms with E-state index in [9.17, 15) is 4.79 Å². The molecule has 1 aromatic carbocycles. The van der Waals surface area contributed by atoms with Gasteiger partial charge in [-0.3, -0.25) is 9.69 Å². The average molecular weight is 395 g/mol. The summed E-state index contributed by atoms with van der Waals surface area (Å²) in [5, 5.41) is 0. The number of esters is 1. The Morgan fingerprint density at radius 3 is 2.83 bits per heavy atom. The van der Waals surface area contributed by atoms with Crippen LogP contribution in [0.3, 0.4) is 0 Å². The Bertz CT molecular complexity index is 855. The lowest BCUT2D eigenvalue weighted by Gasteiger charge is -2.36. The molecule has 0 amide bonds. The van der Waals surface area contributed by atoms with Gasteiger partial charge in [-0.05, 0) is 38.7 Å². The van der Waals surface area contributed by atoms with E-state index >= 15 is 0 Å². The number of nitrogens with zero attached hydrogens (tertiary/aromatic N) is 4. The highest BCUT2D eigenvalue weighted by Crippen LogP contribution is 2.30. The number of aromatic nitrogens is 2. The molecule has 6 nitrogen and oxygen atoms in total. The van der Waals surface area contributed by atoms with Crippen molar-refractivity contribution in [2.75, 3.05) is 31.1 Å². The normalized spacial score (nSPS) is 19.7. The van der Waals surface area contributed by atoms with Gasteiger partial charge in [-0.1, -0.05) is 30.3 Å². The van der Waals surface area contributed by atoms with E-state index in [4.69, 9.17) is 14.7 Å². The first kappa shape index (κ1) is 19.8. The van der Waals surface area contributed by atoms with Crippen LogP contribution in [-0.2, 0) is 29.0 Å². The van der Waals surface area contributed by atoms with Crippen LogP contribution < -0.4 is 4.90 Å². The fourth-order valence-electron chi connectivity index (χ4n) is 4.45. The van der Waals surface area contributed by atoms with Crippen molar-refractivity contribution in [3.05, 3.63) is 53.0 Å². The van der Waals surface area contributed by atoms with Crippen LogP contribution in [-0.4, -0.2) is 47.1 Å². The molecule has 6 heteroatoms. The second-order valence-electron chi connectivity index (χ2n) is 8.00. The van der Waals surface area contributed by atoms with Crippen LogP contribution in [0.1, 0.15) is 42.4 Å². The minimum atomic E-state index is -0.0779. The minimum absolute atomic E-state index is 0.0622. The van der Waals surface area contributed by atoms with Crippen LogP contribution in [0, 0.1) is 12.8 Å². The molecule has 1 saturated heterocycles. The molecule has 0 N–H and O–H groups in total. The smallest absolute Gasteiger partial charge is 0.310 e. The highest BCUT2D eigenvalue weighted by molar-refractivity contribution is 5.73. The number of piperidine rings is 1. The van der Waals surface area contributed by atoms with Gasteiger partial charge in [0.15, 0.2) is 0 Å². The third-order valence-corrected chi connectivity index (χ3v) is 5.82. The third kappa shape index (κ3) is 4.58. The summed E-state index contributed by atoms with van der Waals surface area (Å²) in [5.41, 5.74) is 3.72. The molecule has 0 unspecified atom stereocenters. The SMILES string of the molecule is CCOC(=O)[C@@H]1CCCN(c2nc(C)nc3c2CCN(Cc2ccccc2)C3)C1. The van der Waals surface area contributed by atoms with Crippen molar-refractivity contribution in [3.8, 4) is 0 Å². The Labute approximate surface area is 172 Å². The molecule has 0 bridgehead atoms. The van der Waals surface area contributed by atoms with Crippen LogP contribution in [0.2, 0.25) is 0 Å². The van der Waals surface area contributed by atoms with Crippen molar-refractivity contribution in [2.24, 2.45) is 5.92 Å². The van der Waals surface area contributed by atoms with E-state index in [1.165, 1.54) is 11.1 Å². The summed E-state index contributed by atoms with van der Waals surface area (Å²) in [7, 11) is 0. The molecule has 2 aliphatic heterocycles. The summed E-state index contributed by atoms with van der Waals surface area (Å²) in [6.45, 7) is 8.67. The molecular weight excluding hydrogens is 364 g/mol. The van der Waals surface area contributed by atoms with Crippen LogP contribution in [0.15, 0.2) is 30.3 Å². The Kier molecular flexibility index (Phi) is 6.09. The number of anilines is 1. The number of hydrogen-bond donors (Lipinski definition) is 0. The van der Waals surface area contributed by atoms with Crippen molar-refractivity contribution < 1.29 is 9.53 Å². The second kappa shape index (κ2) is 8.91. The third-order valence-electron chi connectivity index (χ3n) is 5.82. The molecule has 0 radical (unpaired) electrons. The summed E-state index contributed by atoms with van der Waals surface area (Å²) in [6.07, 6.45) is 2.83. The standard InChI is InChI=1S/C23H30N4O2/c1-3-29-23(28)19-10-7-12-27(15-19)22-20-11-13-26(14-18-8-5-4-6-9-18)16-21(20)24-17(2)25-22/h4-6,8-9,19H,3,7,10-16H2,1-2H3/t19-/m1/s1. The number of fused-ring (bicyclic) bond motifs is 1. The van der Waals surface area contributed by atoms with Gasteiger partial charge in [0, 0.05) is 38.3 Å². The first-order valence-corrected chi connectivity index (χ1v) is 10.7. The average Bonchev–Trinajstić information content (AvgIpc) is 2.74. The molecule has 0 aliphatic carbocycles. The van der Waals surface area contributed by atoms with Gasteiger partial charge in [0.1, 0.15) is 11.6 Å². The molecular formula is C23H30N4O2. The molecule has 0 spiro atoms. The summed E-state index contributed by atoms with van der Waals surface area (Å²) >= 11 is 0. The Balaban J connectivity index is 1.52. The van der Waals surface area contributed by atoms with Gasteiger partial charge in [0.2, 0.25) is 0 Å². The number of hydrogen-bond acceptors (Lipinski definition) is 6. The molecule has 154 valence electrons. The van der Waals surface area contributed by atoms with Crippen molar-refractivity contribution in [2.45, 2.75) is 46.2 Å². The number of aryl methyl sites for hydroxylation is 1. The van der Waals surface area contributed by atoms with Gasteiger partial charge in [-0.25, -0.2) is 9.97 Å². The molecule has 2 aromatic rings. The second-order valence-corrected chi connectivity index (χ2v) is 8.00. The van der Waals surface area contributed by atoms with Crippen LogP contribution in [0.4, 0.5) is 5.82 Å². The zero-order valence-corrected chi connectivity index (χ0v) is 17.4. The molecule has 4 rings (SSSR count). The Morgan fingerprint density at radius 2 is 2.03 bits per heavy atom. The summed E-state index contributed by atoms with van der Waals surface area (Å²) in [4.78, 5) is 26.6. The van der Waals surface area contributed by atoms with Crippen LogP contribution in [0.25, 0.3) is 0 Å². The molecule has 3 heterocycles. The minimum Gasteiger partial charge on any atom is -0.466 e. The van der Waals surface area contributed by atoms with Gasteiger partial charge >= 0.3 is 5.97 Å². The van der Waals surface area contributed by atoms with E-state index in [1.54, 1.807) is 0 Å². The zero-order valence-electron chi connectivity index (χ0n) is 17.4. The lowest BCUT2D eigenvalue weighted by Crippen LogP contribution is -2.41. The molecule has 1 aromatic heterocycles. The highest BCUT2D eigenvalue weighted by atomic mass is 16.5. The van der Waals surface area contributed by atoms with Crippen molar-refractivity contribution in [1.29, 1.82) is 0 Å². The van der Waals surface area contributed by atoms with E-state index < -0.39 is 0 Å². The highest BCUT2D eigenvalue weighted by Gasteiger charge is 2.31. The number of benzene rings is 1. The van der Waals surface area contributed by atoms with Crippen molar-refractivity contribution in [3.63, 3.8) is 0 Å². The van der Waals surface area contributed by atoms with E-state index in [1.807, 2.05) is 13.8 Å². The monoisotopic (exact) mass is 394 g/mol. The van der Waals surface area contributed by atoms with Gasteiger partial charge < -0.3 is 9.64 Å². The van der Waals surface area contributed by atoms with E-state index in [0.29, 0.717) is 13.2 Å². The maximum atomic E-state index is 12.3. The molecule has 1 atom stereocenters. The maximum Gasteiger partial charge on any atom is 0.310 e. The number of carbonyl (C=O) groups is 1. The van der Waals surface area contributed by atoms with Crippen LogP contribution in [0.5, 0.6) is 0 Å². The molecule has 29 heavy (non-hydrogen) atoms. The fraction of sp³-hybridized carbons (Fsp3) is 0.522. The molecule has 2 aliphatic rings. The van der Waals surface area contributed by atoms with E-state index in [0.717, 1.165) is 62.8 Å². The van der Waals surface area contributed by atoms with Gasteiger partial charge in [-0.2, -0.15) is 0 Å². The largest absolute Gasteiger partial charge is 0.466 e. The first-order chi connectivity index (χ1) is 14.1. The van der Waals surface area contributed by atoms with Gasteiger partial charge in [-0.15, -0.1) is 0 Å². The summed E-state index contributed by atoms with van der Waals surface area (Å²) in [5.74, 6) is 1.69. The lowest BCUT2D eigenvalue weighted by atomic mass is 9.96. The predicted molar refractivity (Wildman–Crippen MR) is 113 cm³/mol. The van der Waals surface area contributed by atoms with Gasteiger partial charge in [0.25, 0.3) is 0 Å². The maximum absolute atomic E-state index is 12.3. The Hall–Kier alpha value is -2.47. The van der Waals surface area contributed by atoms with Crippen molar-refractivity contribution >= 4 is 11.8 Å². The number of carbonyl (C=O) groups excluding carboxylic acids is 1. The van der Waals surface area contributed by atoms with Crippen LogP contribution >= 0.6 is 0 Å².